The number of hydrogen-bond acceptors (Lipinski definition) is 1. The van der Waals surface area contributed by atoms with Crippen LogP contribution < -0.4 is 5.32 Å². The van der Waals surface area contributed by atoms with Crippen molar-refractivity contribution in [3.63, 3.8) is 0 Å². The second kappa shape index (κ2) is 2.56. The summed E-state index contributed by atoms with van der Waals surface area (Å²) in [6.45, 7) is 0. The van der Waals surface area contributed by atoms with Gasteiger partial charge < -0.3 is 5.32 Å². The van der Waals surface area contributed by atoms with Gasteiger partial charge in [0.1, 0.15) is 5.82 Å². The number of amides is 1. The van der Waals surface area contributed by atoms with Crippen LogP contribution in [0.25, 0.3) is 0 Å². The van der Waals surface area contributed by atoms with Crippen LogP contribution in [0.2, 0.25) is 0 Å². The van der Waals surface area contributed by atoms with E-state index in [1.54, 1.807) is 6.07 Å². The van der Waals surface area contributed by atoms with Crippen molar-refractivity contribution in [3.05, 3.63) is 35.1 Å². The van der Waals surface area contributed by atoms with Gasteiger partial charge in [0.25, 0.3) is 5.91 Å². The first-order valence-electron chi connectivity index (χ1n) is 4.86. The minimum atomic E-state index is -0.258. The van der Waals surface area contributed by atoms with Crippen LogP contribution in [0.4, 0.5) is 4.39 Å². The highest BCUT2D eigenvalue weighted by molar-refractivity contribution is 5.99. The van der Waals surface area contributed by atoms with Crippen molar-refractivity contribution in [2.75, 3.05) is 0 Å². The zero-order valence-corrected chi connectivity index (χ0v) is 7.59. The Kier molecular flexibility index (Phi) is 1.46. The first kappa shape index (κ1) is 7.97. The molecule has 1 aliphatic heterocycles. The molecular formula is C11H10FNO. The van der Waals surface area contributed by atoms with E-state index in [0.717, 1.165) is 18.4 Å². The van der Waals surface area contributed by atoms with E-state index in [2.05, 4.69) is 5.32 Å². The van der Waals surface area contributed by atoms with E-state index in [9.17, 15) is 9.18 Å². The number of carbonyl (C=O) groups excluding carboxylic acids is 1. The van der Waals surface area contributed by atoms with Crippen molar-refractivity contribution in [3.8, 4) is 0 Å². The number of halogens is 1. The molecule has 1 aliphatic carbocycles. The first-order chi connectivity index (χ1) is 6.75. The fourth-order valence-electron chi connectivity index (χ4n) is 2.10. The maximum absolute atomic E-state index is 13.0. The molecule has 0 bridgehead atoms. The third kappa shape index (κ3) is 1.05. The number of nitrogens with one attached hydrogen (secondary N) is 1. The van der Waals surface area contributed by atoms with Crippen LogP contribution in [-0.4, -0.2) is 5.91 Å². The fraction of sp³-hybridized carbons (Fsp3) is 0.364. The molecule has 1 atom stereocenters. The summed E-state index contributed by atoms with van der Waals surface area (Å²) in [5, 5.41) is 2.90. The lowest BCUT2D eigenvalue weighted by Gasteiger charge is -2.09. The van der Waals surface area contributed by atoms with E-state index in [1.165, 1.54) is 12.1 Å². The normalized spacial score (nSPS) is 24.6. The largest absolute Gasteiger partial charge is 0.345 e. The van der Waals surface area contributed by atoms with Gasteiger partial charge in [-0.1, -0.05) is 0 Å². The second-order valence-corrected chi connectivity index (χ2v) is 4.02. The van der Waals surface area contributed by atoms with Crippen LogP contribution in [0.1, 0.15) is 34.8 Å². The van der Waals surface area contributed by atoms with Crippen molar-refractivity contribution in [2.45, 2.75) is 18.9 Å². The maximum atomic E-state index is 13.0. The Morgan fingerprint density at radius 1 is 1.36 bits per heavy atom. The number of hydrogen-bond donors (Lipinski definition) is 1. The highest BCUT2D eigenvalue weighted by atomic mass is 19.1. The average molecular weight is 191 g/mol. The molecule has 2 nitrogen and oxygen atoms in total. The van der Waals surface area contributed by atoms with Gasteiger partial charge in [0.2, 0.25) is 0 Å². The Morgan fingerprint density at radius 3 is 2.86 bits per heavy atom. The first-order valence-corrected chi connectivity index (χ1v) is 4.86. The lowest BCUT2D eigenvalue weighted by molar-refractivity contribution is 0.0953. The standard InChI is InChI=1S/C11H10FNO/c12-7-3-4-8-9(5-7)10(6-1-2-6)13-11(8)14/h3-6,10H,1-2H2,(H,13,14). The van der Waals surface area contributed by atoms with E-state index in [0.29, 0.717) is 11.5 Å². The van der Waals surface area contributed by atoms with Crippen molar-refractivity contribution >= 4 is 5.91 Å². The molecule has 1 saturated carbocycles. The molecule has 3 heteroatoms. The third-order valence-corrected chi connectivity index (χ3v) is 2.97. The summed E-state index contributed by atoms with van der Waals surface area (Å²) in [5.41, 5.74) is 1.49. The smallest absolute Gasteiger partial charge is 0.252 e. The number of carbonyl (C=O) groups is 1. The van der Waals surface area contributed by atoms with Gasteiger partial charge in [-0.2, -0.15) is 0 Å². The van der Waals surface area contributed by atoms with E-state index < -0.39 is 0 Å². The molecular weight excluding hydrogens is 181 g/mol. The minimum absolute atomic E-state index is 0.0584. The summed E-state index contributed by atoms with van der Waals surface area (Å²) in [7, 11) is 0. The van der Waals surface area contributed by atoms with Crippen molar-refractivity contribution < 1.29 is 9.18 Å². The van der Waals surface area contributed by atoms with E-state index in [4.69, 9.17) is 0 Å². The summed E-state index contributed by atoms with van der Waals surface area (Å²) in [6, 6.07) is 4.46. The average Bonchev–Trinajstić information content (AvgIpc) is 2.93. The lowest BCUT2D eigenvalue weighted by atomic mass is 10.0. The van der Waals surface area contributed by atoms with Gasteiger partial charge in [-0.25, -0.2) is 4.39 Å². The summed E-state index contributed by atoms with van der Waals surface area (Å²) < 4.78 is 13.0. The van der Waals surface area contributed by atoms with Crippen molar-refractivity contribution in [2.24, 2.45) is 5.92 Å². The third-order valence-electron chi connectivity index (χ3n) is 2.97. The molecule has 1 heterocycles. The van der Waals surface area contributed by atoms with Gasteiger partial charge in [0, 0.05) is 5.56 Å². The molecule has 1 aromatic carbocycles. The molecule has 1 amide bonds. The fourth-order valence-corrected chi connectivity index (χ4v) is 2.10. The molecule has 1 aromatic rings. The highest BCUT2D eigenvalue weighted by Gasteiger charge is 2.39. The topological polar surface area (TPSA) is 29.1 Å². The van der Waals surface area contributed by atoms with Crippen molar-refractivity contribution in [1.29, 1.82) is 0 Å². The molecule has 0 spiro atoms. The van der Waals surface area contributed by atoms with E-state index in [1.807, 2.05) is 0 Å². The van der Waals surface area contributed by atoms with E-state index >= 15 is 0 Å². The summed E-state index contributed by atoms with van der Waals surface area (Å²) in [5.74, 6) is 0.213. The van der Waals surface area contributed by atoms with Crippen molar-refractivity contribution in [1.82, 2.24) is 5.32 Å². The molecule has 1 fully saturated rings. The Morgan fingerprint density at radius 2 is 2.14 bits per heavy atom. The van der Waals surface area contributed by atoms with Gasteiger partial charge in [-0.15, -0.1) is 0 Å². The number of benzene rings is 1. The Hall–Kier alpha value is -1.38. The van der Waals surface area contributed by atoms with Crippen LogP contribution >= 0.6 is 0 Å². The summed E-state index contributed by atoms with van der Waals surface area (Å²) >= 11 is 0. The van der Waals surface area contributed by atoms with Crippen LogP contribution in [0.5, 0.6) is 0 Å². The number of fused-ring (bicyclic) bond motifs is 1. The molecule has 1 N–H and O–H groups in total. The van der Waals surface area contributed by atoms with E-state index in [-0.39, 0.29) is 17.8 Å². The molecule has 0 aromatic heterocycles. The monoisotopic (exact) mass is 191 g/mol. The minimum Gasteiger partial charge on any atom is -0.345 e. The summed E-state index contributed by atoms with van der Waals surface area (Å²) in [4.78, 5) is 11.5. The Balaban J connectivity index is 2.10. The maximum Gasteiger partial charge on any atom is 0.252 e. The zero-order chi connectivity index (χ0) is 9.71. The Labute approximate surface area is 81.1 Å². The SMILES string of the molecule is O=C1NC(C2CC2)c2cc(F)ccc21. The van der Waals surface area contributed by atoms with Gasteiger partial charge in [0.05, 0.1) is 6.04 Å². The Bertz CT molecular complexity index is 412. The highest BCUT2D eigenvalue weighted by Crippen LogP contribution is 2.44. The van der Waals surface area contributed by atoms with Gasteiger partial charge >= 0.3 is 0 Å². The van der Waals surface area contributed by atoms with Crippen LogP contribution in [0, 0.1) is 11.7 Å². The molecule has 1 unspecified atom stereocenters. The predicted octanol–water partition coefficient (Wildman–Crippen LogP) is 2.02. The predicted molar refractivity (Wildman–Crippen MR) is 49.3 cm³/mol. The quantitative estimate of drug-likeness (QED) is 0.722. The van der Waals surface area contributed by atoms with Crippen LogP contribution in [-0.2, 0) is 0 Å². The molecule has 0 saturated heterocycles. The van der Waals surface area contributed by atoms with Gasteiger partial charge in [0.15, 0.2) is 0 Å². The lowest BCUT2D eigenvalue weighted by Crippen LogP contribution is -2.20. The van der Waals surface area contributed by atoms with Crippen LogP contribution in [0.15, 0.2) is 18.2 Å². The zero-order valence-electron chi connectivity index (χ0n) is 7.59. The van der Waals surface area contributed by atoms with Gasteiger partial charge in [-0.3, -0.25) is 4.79 Å². The second-order valence-electron chi connectivity index (χ2n) is 4.02. The molecule has 0 radical (unpaired) electrons. The molecule has 3 rings (SSSR count). The van der Waals surface area contributed by atoms with Crippen LogP contribution in [0.3, 0.4) is 0 Å². The number of rotatable bonds is 1. The molecule has 2 aliphatic rings. The molecule has 72 valence electrons. The van der Waals surface area contributed by atoms with Gasteiger partial charge in [-0.05, 0) is 42.5 Å². The molecule has 14 heavy (non-hydrogen) atoms. The summed E-state index contributed by atoms with van der Waals surface area (Å²) in [6.07, 6.45) is 2.28.